The Hall–Kier alpha value is -3.96. The average Bonchev–Trinajstić information content (AvgIpc) is 2.89. The maximum Gasteiger partial charge on any atom is 0.410 e. The van der Waals surface area contributed by atoms with Gasteiger partial charge in [-0.25, -0.2) is 4.79 Å². The Balaban J connectivity index is 1.66. The SMILES string of the molecule is CN(C)[C@@H]1C(O)=C(C(N)=O)C(=O)[C@@]2(P)C(O)=C3C(=O)c4c(O)ccc(CNC(=O)OCOC(=O)C(C)(C)C)c4C[C@H]3C[C@@H]12. The summed E-state index contributed by atoms with van der Waals surface area (Å²) >= 11 is 0. The first-order valence-corrected chi connectivity index (χ1v) is 14.1. The highest BCUT2D eigenvalue weighted by atomic mass is 31.0. The lowest BCUT2D eigenvalue weighted by atomic mass is 9.60. The smallest absolute Gasteiger partial charge is 0.410 e. The van der Waals surface area contributed by atoms with E-state index >= 15 is 0 Å². The lowest BCUT2D eigenvalue weighted by Crippen LogP contribution is -2.60. The number of aliphatic hydroxyl groups excluding tert-OH is 2. The number of phenolic OH excluding ortho intramolecular Hbond substituents is 1. The van der Waals surface area contributed by atoms with Crippen LogP contribution in [0.25, 0.3) is 0 Å². The molecule has 5 atom stereocenters. The number of carbonyl (C=O) groups excluding carboxylic acids is 5. The van der Waals surface area contributed by atoms with Gasteiger partial charge in [-0.1, -0.05) is 6.07 Å². The van der Waals surface area contributed by atoms with Gasteiger partial charge in [-0.15, -0.1) is 9.24 Å². The van der Waals surface area contributed by atoms with Gasteiger partial charge in [0.05, 0.1) is 17.0 Å². The number of nitrogens with zero attached hydrogens (tertiary/aromatic N) is 1. The molecule has 0 saturated carbocycles. The fraction of sp³-hybridized carbons (Fsp3) is 0.483. The number of benzene rings is 1. The fourth-order valence-electron chi connectivity index (χ4n) is 6.12. The number of fused-ring (bicyclic) bond motifs is 3. The zero-order valence-corrected chi connectivity index (χ0v) is 25.7. The van der Waals surface area contributed by atoms with Crippen molar-refractivity contribution in [3.8, 4) is 5.75 Å². The Bertz CT molecular complexity index is 1490. The maximum absolute atomic E-state index is 13.9. The summed E-state index contributed by atoms with van der Waals surface area (Å²) in [4.78, 5) is 65.4. The van der Waals surface area contributed by atoms with E-state index in [1.165, 1.54) is 6.07 Å². The Morgan fingerprint density at radius 1 is 1.14 bits per heavy atom. The normalized spacial score (nSPS) is 25.1. The number of amides is 2. The van der Waals surface area contributed by atoms with Gasteiger partial charge < -0.3 is 35.8 Å². The third-order valence-electron chi connectivity index (χ3n) is 8.23. The summed E-state index contributed by atoms with van der Waals surface area (Å²) in [6.45, 7) is 4.27. The predicted octanol–water partition coefficient (Wildman–Crippen LogP) is 1.78. The summed E-state index contributed by atoms with van der Waals surface area (Å²) in [6.07, 6.45) is -0.567. The van der Waals surface area contributed by atoms with Crippen molar-refractivity contribution >= 4 is 38.8 Å². The van der Waals surface area contributed by atoms with Gasteiger partial charge in [0.25, 0.3) is 5.91 Å². The summed E-state index contributed by atoms with van der Waals surface area (Å²) < 4.78 is 9.84. The highest BCUT2D eigenvalue weighted by Gasteiger charge is 2.61. The first-order valence-electron chi connectivity index (χ1n) is 13.6. The Morgan fingerprint density at radius 2 is 1.79 bits per heavy atom. The van der Waals surface area contributed by atoms with Crippen LogP contribution in [0.4, 0.5) is 4.79 Å². The molecule has 0 radical (unpaired) electrons. The number of allylic oxidation sites excluding steroid dienone is 2. The Labute approximate surface area is 250 Å². The Kier molecular flexibility index (Phi) is 8.38. The van der Waals surface area contributed by atoms with Gasteiger partial charge in [0.15, 0.2) is 11.6 Å². The summed E-state index contributed by atoms with van der Waals surface area (Å²) in [6, 6.07) is 1.94. The van der Waals surface area contributed by atoms with Crippen molar-refractivity contribution < 1.29 is 48.8 Å². The van der Waals surface area contributed by atoms with E-state index in [9.17, 15) is 39.3 Å². The molecule has 0 saturated heterocycles. The van der Waals surface area contributed by atoms with Crippen molar-refractivity contribution in [1.82, 2.24) is 10.2 Å². The van der Waals surface area contributed by atoms with Crippen LogP contribution < -0.4 is 11.1 Å². The molecular weight excluding hydrogens is 581 g/mol. The van der Waals surface area contributed by atoms with E-state index in [1.54, 1.807) is 45.8 Å². The van der Waals surface area contributed by atoms with E-state index in [2.05, 4.69) is 14.6 Å². The second kappa shape index (κ2) is 11.3. The quantitative estimate of drug-likeness (QED) is 0.135. The van der Waals surface area contributed by atoms with Crippen molar-refractivity contribution in [2.24, 2.45) is 23.0 Å². The minimum absolute atomic E-state index is 0.0738. The number of phenols is 1. The minimum atomic E-state index is -1.82. The van der Waals surface area contributed by atoms with E-state index in [-0.39, 0.29) is 36.3 Å². The van der Waals surface area contributed by atoms with Crippen LogP contribution in [0.1, 0.15) is 48.7 Å². The zero-order valence-electron chi connectivity index (χ0n) is 24.5. The molecule has 3 aliphatic carbocycles. The van der Waals surface area contributed by atoms with Crippen molar-refractivity contribution in [3.63, 3.8) is 0 Å². The molecule has 0 spiro atoms. The van der Waals surface area contributed by atoms with Crippen LogP contribution in [0.3, 0.4) is 0 Å². The van der Waals surface area contributed by atoms with Crippen LogP contribution in [0.5, 0.6) is 5.75 Å². The molecule has 2 amide bonds. The van der Waals surface area contributed by atoms with E-state index in [0.717, 1.165) is 0 Å². The van der Waals surface area contributed by atoms with Gasteiger partial charge in [-0.3, -0.25) is 24.1 Å². The molecule has 6 N–H and O–H groups in total. The van der Waals surface area contributed by atoms with Crippen molar-refractivity contribution in [1.29, 1.82) is 0 Å². The van der Waals surface area contributed by atoms with Crippen molar-refractivity contribution in [2.75, 3.05) is 20.9 Å². The van der Waals surface area contributed by atoms with Crippen LogP contribution in [-0.2, 0) is 36.8 Å². The first kappa shape index (κ1) is 32.0. The number of aromatic hydroxyl groups is 1. The van der Waals surface area contributed by atoms with E-state index < -0.39 is 81.9 Å². The predicted molar refractivity (Wildman–Crippen MR) is 155 cm³/mol. The summed E-state index contributed by atoms with van der Waals surface area (Å²) in [7, 11) is 5.56. The molecular formula is C29H36N3O10P. The van der Waals surface area contributed by atoms with Gasteiger partial charge in [-0.05, 0) is 70.8 Å². The van der Waals surface area contributed by atoms with E-state index in [0.29, 0.717) is 11.1 Å². The van der Waals surface area contributed by atoms with Crippen LogP contribution in [0.2, 0.25) is 0 Å². The van der Waals surface area contributed by atoms with Gasteiger partial charge in [-0.2, -0.15) is 0 Å². The number of alkyl carbamates (subject to hydrolysis) is 1. The lowest BCUT2D eigenvalue weighted by Gasteiger charge is -2.51. The number of hydrogen-bond acceptors (Lipinski definition) is 11. The molecule has 0 aromatic heterocycles. The van der Waals surface area contributed by atoms with Crippen molar-refractivity contribution in [3.05, 3.63) is 51.5 Å². The monoisotopic (exact) mass is 617 g/mol. The minimum Gasteiger partial charge on any atom is -0.510 e. The number of primary amides is 1. The second-order valence-electron chi connectivity index (χ2n) is 12.2. The largest absolute Gasteiger partial charge is 0.510 e. The van der Waals surface area contributed by atoms with Crippen LogP contribution >= 0.6 is 9.24 Å². The molecule has 1 aromatic rings. The molecule has 0 heterocycles. The fourth-order valence-corrected chi connectivity index (χ4v) is 6.74. The van der Waals surface area contributed by atoms with Crippen LogP contribution in [0.15, 0.2) is 34.8 Å². The number of nitrogens with one attached hydrogen (secondary N) is 1. The molecule has 1 aromatic carbocycles. The first-order chi connectivity index (χ1) is 19.9. The molecule has 0 bridgehead atoms. The number of ether oxygens (including phenoxy) is 2. The zero-order chi connectivity index (χ0) is 32.2. The number of esters is 1. The number of rotatable bonds is 6. The average molecular weight is 618 g/mol. The summed E-state index contributed by atoms with van der Waals surface area (Å²) in [5.74, 6) is -6.13. The molecule has 232 valence electrons. The standard InChI is InChI=1S/C29H36N3O10P/c1-28(2,3)26(39)41-11-42-27(40)31-10-12-6-7-16(33)18-14(12)8-13-9-15-20(32(4)5)22(35)19(25(30)38)24(37)29(15,43)23(36)17(13)21(18)34/h6-7,13,15,20,33,35-36H,8-11,43H2,1-5H3,(H2,30,38)(H,31,40)/t13-,15-,20-,29-/m0/s1. The number of aliphatic hydroxyl groups is 2. The molecule has 0 fully saturated rings. The maximum atomic E-state index is 13.9. The van der Waals surface area contributed by atoms with Gasteiger partial charge in [0, 0.05) is 18.0 Å². The molecule has 4 rings (SSSR count). The third-order valence-corrected chi connectivity index (χ3v) is 9.19. The van der Waals surface area contributed by atoms with Gasteiger partial charge in [0.2, 0.25) is 6.79 Å². The van der Waals surface area contributed by atoms with Crippen LogP contribution in [-0.4, -0.2) is 81.8 Å². The highest BCUT2D eigenvalue weighted by Crippen LogP contribution is 2.56. The number of Topliss-reactive ketones (excluding diaryl/α,β-unsaturated/α-hetero) is 2. The molecule has 13 nitrogen and oxygen atoms in total. The number of hydrogen-bond donors (Lipinski definition) is 5. The molecule has 3 aliphatic rings. The highest BCUT2D eigenvalue weighted by molar-refractivity contribution is 7.22. The van der Waals surface area contributed by atoms with E-state index in [1.807, 2.05) is 0 Å². The molecule has 14 heteroatoms. The summed E-state index contributed by atoms with van der Waals surface area (Å²) in [5, 5.41) is 33.9. The lowest BCUT2D eigenvalue weighted by molar-refractivity contribution is -0.161. The number of nitrogens with two attached hydrogens (primary N) is 1. The van der Waals surface area contributed by atoms with Gasteiger partial charge in [0.1, 0.15) is 28.0 Å². The van der Waals surface area contributed by atoms with E-state index in [4.69, 9.17) is 15.2 Å². The van der Waals surface area contributed by atoms with Crippen molar-refractivity contribution in [2.45, 2.75) is 51.4 Å². The third kappa shape index (κ3) is 5.36. The van der Waals surface area contributed by atoms with Crippen LogP contribution in [0, 0.1) is 17.3 Å². The molecule has 0 aliphatic heterocycles. The number of carbonyl (C=O) groups is 5. The van der Waals surface area contributed by atoms with Gasteiger partial charge >= 0.3 is 12.1 Å². The summed E-state index contributed by atoms with van der Waals surface area (Å²) in [5.41, 5.74) is 4.79. The topological polar surface area (TPSA) is 206 Å². The molecule has 1 unspecified atom stereocenters. The number of ketones is 2. The molecule has 43 heavy (non-hydrogen) atoms. The second-order valence-corrected chi connectivity index (χ2v) is 13.2. The number of likely N-dealkylation sites (N-methyl/N-ethyl adjacent to an activating group) is 1. The Morgan fingerprint density at radius 3 is 2.37 bits per heavy atom.